The van der Waals surface area contributed by atoms with Crippen LogP contribution >= 0.6 is 27.5 Å². The van der Waals surface area contributed by atoms with Gasteiger partial charge in [0.05, 0.1) is 5.92 Å². The zero-order chi connectivity index (χ0) is 15.0. The number of halogens is 2. The van der Waals surface area contributed by atoms with Gasteiger partial charge in [0.1, 0.15) is 0 Å². The van der Waals surface area contributed by atoms with Crippen LogP contribution in [0.5, 0.6) is 0 Å². The number of aromatic amines is 1. The Hall–Kier alpha value is -1.59. The van der Waals surface area contributed by atoms with Crippen LogP contribution in [0.2, 0.25) is 5.02 Å². The maximum absolute atomic E-state index is 12.2. The molecule has 0 bridgehead atoms. The summed E-state index contributed by atoms with van der Waals surface area (Å²) >= 11 is 9.24. The van der Waals surface area contributed by atoms with E-state index in [4.69, 9.17) is 11.6 Å². The molecule has 6 heteroatoms. The first kappa shape index (κ1) is 14.4. The molecule has 1 unspecified atom stereocenters. The summed E-state index contributed by atoms with van der Waals surface area (Å²) in [4.78, 5) is 26.4. The van der Waals surface area contributed by atoms with Gasteiger partial charge in [-0.1, -0.05) is 17.7 Å². The van der Waals surface area contributed by atoms with E-state index in [-0.39, 0.29) is 23.9 Å². The fraction of sp³-hybridized carbons (Fsp3) is 0.200. The number of carbonyl (C=O) groups is 1. The Morgan fingerprint density at radius 2 is 2.24 bits per heavy atom. The standard InChI is InChI=1S/C15H12BrClN2O2/c16-10-3-9(14(20)19-7-10)6-18-15(21)13-4-8-1-2-11(17)5-12(8)13/h1-3,5,7,13H,4,6H2,(H,18,21)(H,19,20). The molecule has 1 aliphatic carbocycles. The third-order valence-electron chi connectivity index (χ3n) is 3.62. The normalized spacial score (nSPS) is 16.0. The molecule has 1 heterocycles. The lowest BCUT2D eigenvalue weighted by Gasteiger charge is -2.29. The first-order chi connectivity index (χ1) is 10.0. The summed E-state index contributed by atoms with van der Waals surface area (Å²) in [6.45, 7) is 0.208. The summed E-state index contributed by atoms with van der Waals surface area (Å²) in [6, 6.07) is 7.30. The average molecular weight is 368 g/mol. The molecule has 4 nitrogen and oxygen atoms in total. The molecule has 0 saturated carbocycles. The lowest BCUT2D eigenvalue weighted by Crippen LogP contribution is -2.36. The van der Waals surface area contributed by atoms with Crippen molar-refractivity contribution in [2.45, 2.75) is 18.9 Å². The van der Waals surface area contributed by atoms with E-state index in [9.17, 15) is 9.59 Å². The first-order valence-electron chi connectivity index (χ1n) is 6.48. The van der Waals surface area contributed by atoms with Crippen LogP contribution in [0.25, 0.3) is 0 Å². The van der Waals surface area contributed by atoms with E-state index in [0.717, 1.165) is 15.6 Å². The second kappa shape index (κ2) is 5.66. The average Bonchev–Trinajstić information content (AvgIpc) is 2.43. The molecule has 3 rings (SSSR count). The smallest absolute Gasteiger partial charge is 0.252 e. The van der Waals surface area contributed by atoms with Crippen molar-refractivity contribution < 1.29 is 4.79 Å². The van der Waals surface area contributed by atoms with Gasteiger partial charge in [-0.05, 0) is 51.7 Å². The van der Waals surface area contributed by atoms with Gasteiger partial charge >= 0.3 is 0 Å². The summed E-state index contributed by atoms with van der Waals surface area (Å²) < 4.78 is 0.770. The molecule has 1 amide bonds. The Kier molecular flexibility index (Phi) is 3.87. The number of hydrogen-bond donors (Lipinski definition) is 2. The van der Waals surface area contributed by atoms with E-state index < -0.39 is 0 Å². The number of amides is 1. The van der Waals surface area contributed by atoms with Crippen molar-refractivity contribution in [1.82, 2.24) is 10.3 Å². The number of pyridine rings is 1. The summed E-state index contributed by atoms with van der Waals surface area (Å²) in [6.07, 6.45) is 2.28. The zero-order valence-electron chi connectivity index (χ0n) is 11.0. The highest BCUT2D eigenvalue weighted by molar-refractivity contribution is 9.10. The quantitative estimate of drug-likeness (QED) is 0.876. The van der Waals surface area contributed by atoms with Gasteiger partial charge < -0.3 is 10.3 Å². The van der Waals surface area contributed by atoms with Crippen molar-refractivity contribution >= 4 is 33.4 Å². The van der Waals surface area contributed by atoms with E-state index >= 15 is 0 Å². The Morgan fingerprint density at radius 3 is 3.05 bits per heavy atom. The van der Waals surface area contributed by atoms with Crippen LogP contribution in [0.1, 0.15) is 22.6 Å². The van der Waals surface area contributed by atoms with E-state index in [1.54, 1.807) is 12.3 Å². The molecular weight excluding hydrogens is 356 g/mol. The molecule has 0 fully saturated rings. The minimum absolute atomic E-state index is 0.0795. The minimum Gasteiger partial charge on any atom is -0.351 e. The van der Waals surface area contributed by atoms with Crippen molar-refractivity contribution in [2.24, 2.45) is 0 Å². The van der Waals surface area contributed by atoms with Crippen molar-refractivity contribution in [3.63, 3.8) is 0 Å². The molecule has 1 atom stereocenters. The number of fused-ring (bicyclic) bond motifs is 1. The molecule has 1 aromatic heterocycles. The highest BCUT2D eigenvalue weighted by atomic mass is 79.9. The van der Waals surface area contributed by atoms with Crippen LogP contribution < -0.4 is 10.9 Å². The Bertz CT molecular complexity index is 773. The predicted molar refractivity (Wildman–Crippen MR) is 84.5 cm³/mol. The first-order valence-corrected chi connectivity index (χ1v) is 7.65. The monoisotopic (exact) mass is 366 g/mol. The third-order valence-corrected chi connectivity index (χ3v) is 4.31. The molecule has 21 heavy (non-hydrogen) atoms. The second-order valence-electron chi connectivity index (χ2n) is 4.99. The fourth-order valence-corrected chi connectivity index (χ4v) is 3.02. The second-order valence-corrected chi connectivity index (χ2v) is 6.34. The van der Waals surface area contributed by atoms with Gasteiger partial charge in [0, 0.05) is 27.8 Å². The van der Waals surface area contributed by atoms with Crippen LogP contribution in [0, 0.1) is 0 Å². The molecule has 2 aromatic rings. The third kappa shape index (κ3) is 2.89. The van der Waals surface area contributed by atoms with Gasteiger partial charge in [0.25, 0.3) is 5.56 Å². The molecule has 1 aromatic carbocycles. The number of H-pyrrole nitrogens is 1. The molecule has 1 aliphatic rings. The van der Waals surface area contributed by atoms with Crippen molar-refractivity contribution in [2.75, 3.05) is 0 Å². The number of nitrogens with one attached hydrogen (secondary N) is 2. The maximum Gasteiger partial charge on any atom is 0.252 e. The molecular formula is C15H12BrClN2O2. The van der Waals surface area contributed by atoms with E-state index in [1.807, 2.05) is 18.2 Å². The molecule has 2 N–H and O–H groups in total. The number of rotatable bonds is 3. The summed E-state index contributed by atoms with van der Waals surface area (Å²) in [5.41, 5.74) is 2.45. The van der Waals surface area contributed by atoms with Crippen LogP contribution in [0.4, 0.5) is 0 Å². The Morgan fingerprint density at radius 1 is 1.43 bits per heavy atom. The number of benzene rings is 1. The molecule has 0 radical (unpaired) electrons. The highest BCUT2D eigenvalue weighted by Gasteiger charge is 2.32. The Labute approximate surface area is 134 Å². The lowest BCUT2D eigenvalue weighted by atomic mass is 9.77. The van der Waals surface area contributed by atoms with Crippen LogP contribution in [-0.4, -0.2) is 10.9 Å². The minimum atomic E-state index is -0.199. The van der Waals surface area contributed by atoms with Gasteiger partial charge in [0.2, 0.25) is 5.91 Å². The SMILES string of the molecule is O=C(NCc1cc(Br)c[nH]c1=O)C1Cc2ccc(Cl)cc21. The van der Waals surface area contributed by atoms with Gasteiger partial charge in [-0.3, -0.25) is 9.59 Å². The van der Waals surface area contributed by atoms with Gasteiger partial charge in [0.15, 0.2) is 0 Å². The number of carbonyl (C=O) groups excluding carboxylic acids is 1. The van der Waals surface area contributed by atoms with Crippen LogP contribution in [0.15, 0.2) is 39.7 Å². The number of hydrogen-bond acceptors (Lipinski definition) is 2. The van der Waals surface area contributed by atoms with Crippen molar-refractivity contribution in [3.8, 4) is 0 Å². The molecule has 0 spiro atoms. The molecule has 0 aliphatic heterocycles. The van der Waals surface area contributed by atoms with Crippen molar-refractivity contribution in [3.05, 3.63) is 67.0 Å². The molecule has 108 valence electrons. The van der Waals surface area contributed by atoms with Crippen LogP contribution in [0.3, 0.4) is 0 Å². The maximum atomic E-state index is 12.2. The highest BCUT2D eigenvalue weighted by Crippen LogP contribution is 2.36. The van der Waals surface area contributed by atoms with E-state index in [1.165, 1.54) is 0 Å². The zero-order valence-corrected chi connectivity index (χ0v) is 13.3. The summed E-state index contributed by atoms with van der Waals surface area (Å²) in [7, 11) is 0. The number of aromatic nitrogens is 1. The topological polar surface area (TPSA) is 62.0 Å². The fourth-order valence-electron chi connectivity index (χ4n) is 2.45. The molecule has 0 saturated heterocycles. The van der Waals surface area contributed by atoms with E-state index in [0.29, 0.717) is 17.0 Å². The summed E-state index contributed by atoms with van der Waals surface area (Å²) in [5.74, 6) is -0.255. The largest absolute Gasteiger partial charge is 0.351 e. The van der Waals surface area contributed by atoms with E-state index in [2.05, 4.69) is 26.2 Å². The lowest BCUT2D eigenvalue weighted by molar-refractivity contribution is -0.123. The van der Waals surface area contributed by atoms with Gasteiger partial charge in [-0.15, -0.1) is 0 Å². The summed E-state index contributed by atoms with van der Waals surface area (Å²) in [5, 5.41) is 3.44. The predicted octanol–water partition coefficient (Wildman–Crippen LogP) is 2.75. The van der Waals surface area contributed by atoms with Gasteiger partial charge in [-0.25, -0.2) is 0 Å². The van der Waals surface area contributed by atoms with Gasteiger partial charge in [-0.2, -0.15) is 0 Å². The Balaban J connectivity index is 1.68. The van der Waals surface area contributed by atoms with Crippen LogP contribution in [-0.2, 0) is 17.8 Å². The van der Waals surface area contributed by atoms with Crippen molar-refractivity contribution in [1.29, 1.82) is 0 Å².